The molecule has 1 N–H and O–H groups in total. The summed E-state index contributed by atoms with van der Waals surface area (Å²) in [7, 11) is -3.51. The Hall–Kier alpha value is -1.70. The molecule has 0 fully saturated rings. The number of ether oxygens (including phenoxy) is 1. The van der Waals surface area contributed by atoms with Gasteiger partial charge in [0, 0.05) is 18.5 Å². The molecule has 0 aliphatic carbocycles. The lowest BCUT2D eigenvalue weighted by Crippen LogP contribution is -2.12. The van der Waals surface area contributed by atoms with Crippen molar-refractivity contribution in [3.63, 3.8) is 0 Å². The molecule has 0 aliphatic heterocycles. The van der Waals surface area contributed by atoms with E-state index >= 15 is 0 Å². The first-order valence-corrected chi connectivity index (χ1v) is 5.66. The van der Waals surface area contributed by atoms with Gasteiger partial charge in [0.25, 0.3) is 0 Å². The van der Waals surface area contributed by atoms with Gasteiger partial charge in [0.05, 0.1) is 0 Å². The third kappa shape index (κ3) is 3.50. The van der Waals surface area contributed by atoms with Crippen molar-refractivity contribution >= 4 is 15.8 Å². The molecule has 0 aliphatic rings. The van der Waals surface area contributed by atoms with E-state index in [2.05, 4.69) is 14.7 Å². The normalized spacial score (nSPS) is 11.0. The summed E-state index contributed by atoms with van der Waals surface area (Å²) in [6.07, 6.45) is 2.13. The Kier molecular flexibility index (Phi) is 3.20. The number of rotatable bonds is 4. The number of carbonyl (C=O) groups is 1. The van der Waals surface area contributed by atoms with Gasteiger partial charge in [0.1, 0.15) is 0 Å². The van der Waals surface area contributed by atoms with Crippen molar-refractivity contribution in [2.24, 2.45) is 0 Å². The molecule has 1 aromatic heterocycles. The van der Waals surface area contributed by atoms with Crippen molar-refractivity contribution in [1.82, 2.24) is 9.97 Å². The second-order valence-electron chi connectivity index (χ2n) is 2.63. The van der Waals surface area contributed by atoms with Crippen LogP contribution >= 0.6 is 0 Å². The highest BCUT2D eigenvalue weighted by Gasteiger charge is 2.12. The minimum atomic E-state index is -3.51. The topological polar surface area (TPSA) is 106 Å². The minimum Gasteiger partial charge on any atom is -0.479 e. The Morgan fingerprint density at radius 1 is 1.60 bits per heavy atom. The summed E-state index contributed by atoms with van der Waals surface area (Å²) in [5.41, 5.74) is 0. The maximum atomic E-state index is 11.0. The van der Waals surface area contributed by atoms with Gasteiger partial charge in [0.15, 0.2) is 6.61 Å². The Labute approximate surface area is 85.7 Å². The Morgan fingerprint density at radius 2 is 2.27 bits per heavy atom. The van der Waals surface area contributed by atoms with Crippen LogP contribution in [-0.2, 0) is 14.6 Å². The quantitative estimate of drug-likeness (QED) is 0.687. The highest BCUT2D eigenvalue weighted by Crippen LogP contribution is 2.08. The predicted molar refractivity (Wildman–Crippen MR) is 48.3 cm³/mol. The summed E-state index contributed by atoms with van der Waals surface area (Å²) in [6, 6.07) is 1.28. The average Bonchev–Trinajstić information content (AvgIpc) is 2.14. The van der Waals surface area contributed by atoms with E-state index in [9.17, 15) is 13.2 Å². The molecule has 0 radical (unpaired) electrons. The molecule has 0 atom stereocenters. The van der Waals surface area contributed by atoms with E-state index in [0.717, 1.165) is 6.26 Å². The van der Waals surface area contributed by atoms with Crippen molar-refractivity contribution < 1.29 is 23.1 Å². The van der Waals surface area contributed by atoms with Crippen LogP contribution in [0.15, 0.2) is 17.4 Å². The highest BCUT2D eigenvalue weighted by molar-refractivity contribution is 7.90. The number of aliphatic carboxylic acids is 1. The zero-order chi connectivity index (χ0) is 11.5. The van der Waals surface area contributed by atoms with Gasteiger partial charge in [-0.2, -0.15) is 4.98 Å². The molecule has 0 unspecified atom stereocenters. The first-order chi connectivity index (χ1) is 6.89. The molecular formula is C7H8N2O5S. The number of hydrogen-bond acceptors (Lipinski definition) is 6. The molecule has 1 heterocycles. The van der Waals surface area contributed by atoms with Crippen molar-refractivity contribution in [3.8, 4) is 5.88 Å². The van der Waals surface area contributed by atoms with Crippen LogP contribution in [-0.4, -0.2) is 42.3 Å². The van der Waals surface area contributed by atoms with Crippen LogP contribution < -0.4 is 4.74 Å². The van der Waals surface area contributed by atoms with Gasteiger partial charge in [0.2, 0.25) is 20.9 Å². The number of aromatic nitrogens is 2. The molecule has 0 spiro atoms. The molecule has 8 heteroatoms. The second-order valence-corrected chi connectivity index (χ2v) is 4.54. The Balaban J connectivity index is 2.89. The Morgan fingerprint density at radius 3 is 2.80 bits per heavy atom. The van der Waals surface area contributed by atoms with E-state index in [4.69, 9.17) is 5.11 Å². The van der Waals surface area contributed by atoms with Crippen molar-refractivity contribution in [2.45, 2.75) is 5.16 Å². The predicted octanol–water partition coefficient (Wildman–Crippen LogP) is -0.657. The molecule has 0 amide bonds. The third-order valence-corrected chi connectivity index (χ3v) is 2.14. The van der Waals surface area contributed by atoms with Crippen LogP contribution in [0.2, 0.25) is 0 Å². The Bertz CT molecular complexity index is 470. The van der Waals surface area contributed by atoms with Gasteiger partial charge in [-0.25, -0.2) is 18.2 Å². The number of carboxylic acids is 1. The molecule has 82 valence electrons. The van der Waals surface area contributed by atoms with E-state index in [0.29, 0.717) is 0 Å². The number of nitrogens with zero attached hydrogens (tertiary/aromatic N) is 2. The van der Waals surface area contributed by atoms with Crippen molar-refractivity contribution in [3.05, 3.63) is 12.3 Å². The summed E-state index contributed by atoms with van der Waals surface area (Å²) in [6.45, 7) is -0.583. The van der Waals surface area contributed by atoms with E-state index in [1.165, 1.54) is 12.3 Å². The lowest BCUT2D eigenvalue weighted by atomic mass is 10.6. The summed E-state index contributed by atoms with van der Waals surface area (Å²) in [5, 5.41) is 7.92. The number of sulfone groups is 1. The van der Waals surface area contributed by atoms with Crippen LogP contribution in [0.25, 0.3) is 0 Å². The molecule has 0 aromatic carbocycles. The van der Waals surface area contributed by atoms with Gasteiger partial charge >= 0.3 is 5.97 Å². The standard InChI is InChI=1S/C7H8N2O5S/c1-15(12,13)7-8-3-2-5(9-7)14-4-6(10)11/h2-3H,4H2,1H3,(H,10,11). The average molecular weight is 232 g/mol. The van der Waals surface area contributed by atoms with Gasteiger partial charge in [-0.15, -0.1) is 0 Å². The molecule has 1 aromatic rings. The molecule has 1 rings (SSSR count). The fraction of sp³-hybridized carbons (Fsp3) is 0.286. The lowest BCUT2D eigenvalue weighted by Gasteiger charge is -2.02. The molecular weight excluding hydrogens is 224 g/mol. The van der Waals surface area contributed by atoms with Gasteiger partial charge in [-0.05, 0) is 0 Å². The van der Waals surface area contributed by atoms with Crippen molar-refractivity contribution in [2.75, 3.05) is 12.9 Å². The zero-order valence-electron chi connectivity index (χ0n) is 7.74. The largest absolute Gasteiger partial charge is 0.479 e. The number of hydrogen-bond donors (Lipinski definition) is 1. The first kappa shape index (κ1) is 11.4. The molecule has 0 saturated carbocycles. The molecule has 15 heavy (non-hydrogen) atoms. The van der Waals surface area contributed by atoms with Crippen LogP contribution in [0.4, 0.5) is 0 Å². The van der Waals surface area contributed by atoms with Gasteiger partial charge in [-0.3, -0.25) is 0 Å². The molecule has 0 saturated heterocycles. The van der Waals surface area contributed by atoms with E-state index in [-0.39, 0.29) is 5.88 Å². The SMILES string of the molecule is CS(=O)(=O)c1nccc(OCC(=O)O)n1. The van der Waals surface area contributed by atoms with Crippen LogP contribution in [0.1, 0.15) is 0 Å². The molecule has 0 bridgehead atoms. The van der Waals surface area contributed by atoms with Gasteiger partial charge in [-0.1, -0.05) is 0 Å². The fourth-order valence-corrected chi connectivity index (χ4v) is 1.23. The maximum absolute atomic E-state index is 11.0. The highest BCUT2D eigenvalue weighted by atomic mass is 32.2. The van der Waals surface area contributed by atoms with E-state index in [1.807, 2.05) is 0 Å². The van der Waals surface area contributed by atoms with Crippen LogP contribution in [0, 0.1) is 0 Å². The monoisotopic (exact) mass is 232 g/mol. The van der Waals surface area contributed by atoms with Crippen molar-refractivity contribution in [1.29, 1.82) is 0 Å². The fourth-order valence-electron chi connectivity index (χ4n) is 0.720. The van der Waals surface area contributed by atoms with Crippen LogP contribution in [0.5, 0.6) is 5.88 Å². The lowest BCUT2D eigenvalue weighted by molar-refractivity contribution is -0.139. The van der Waals surface area contributed by atoms with E-state index < -0.39 is 27.6 Å². The first-order valence-electron chi connectivity index (χ1n) is 3.77. The number of carboxylic acid groups (broad SMARTS) is 1. The van der Waals surface area contributed by atoms with E-state index in [1.54, 1.807) is 0 Å². The summed E-state index contributed by atoms with van der Waals surface area (Å²) in [5.74, 6) is -1.26. The van der Waals surface area contributed by atoms with Crippen LogP contribution in [0.3, 0.4) is 0 Å². The summed E-state index contributed by atoms with van der Waals surface area (Å²) in [4.78, 5) is 17.2. The third-order valence-electron chi connectivity index (χ3n) is 1.28. The molecule has 7 nitrogen and oxygen atoms in total. The maximum Gasteiger partial charge on any atom is 0.341 e. The minimum absolute atomic E-state index is 0.0900. The van der Waals surface area contributed by atoms with Gasteiger partial charge < -0.3 is 9.84 Å². The summed E-state index contributed by atoms with van der Waals surface area (Å²) < 4.78 is 26.7. The second kappa shape index (κ2) is 4.22. The summed E-state index contributed by atoms with van der Waals surface area (Å²) >= 11 is 0. The zero-order valence-corrected chi connectivity index (χ0v) is 8.56. The smallest absolute Gasteiger partial charge is 0.341 e.